The first-order chi connectivity index (χ1) is 12.3. The Morgan fingerprint density at radius 2 is 1.77 bits per heavy atom. The Balaban J connectivity index is 1.83. The Morgan fingerprint density at radius 3 is 2.46 bits per heavy atom. The highest BCUT2D eigenvalue weighted by molar-refractivity contribution is 7.88. The molecule has 136 valence electrons. The molecule has 0 radical (unpaired) electrons. The van der Waals surface area contributed by atoms with E-state index in [-0.39, 0.29) is 25.5 Å². The summed E-state index contributed by atoms with van der Waals surface area (Å²) in [5, 5.41) is 2.70. The van der Waals surface area contributed by atoms with E-state index in [9.17, 15) is 18.0 Å². The number of nitrogens with one attached hydrogen (secondary N) is 1. The summed E-state index contributed by atoms with van der Waals surface area (Å²) >= 11 is 0. The van der Waals surface area contributed by atoms with Crippen LogP contribution < -0.4 is 10.2 Å². The van der Waals surface area contributed by atoms with Crippen LogP contribution in [0.3, 0.4) is 0 Å². The molecule has 0 atom stereocenters. The van der Waals surface area contributed by atoms with Crippen LogP contribution in [0.4, 0.5) is 11.4 Å². The number of benzene rings is 2. The van der Waals surface area contributed by atoms with Crippen LogP contribution in [0.25, 0.3) is 0 Å². The van der Waals surface area contributed by atoms with Crippen molar-refractivity contribution in [3.05, 3.63) is 60.2 Å². The largest absolute Gasteiger partial charge is 0.323 e. The van der Waals surface area contributed by atoms with E-state index in [1.165, 1.54) is 4.90 Å². The Morgan fingerprint density at radius 1 is 1.12 bits per heavy atom. The predicted molar refractivity (Wildman–Crippen MR) is 99.1 cm³/mol. The van der Waals surface area contributed by atoms with E-state index in [0.29, 0.717) is 11.4 Å². The van der Waals surface area contributed by atoms with Crippen LogP contribution in [0.2, 0.25) is 0 Å². The normalized spacial score (nSPS) is 14.1. The number of amides is 2. The minimum Gasteiger partial charge on any atom is -0.323 e. The van der Waals surface area contributed by atoms with Gasteiger partial charge in [0.2, 0.25) is 21.8 Å². The first-order valence-corrected chi connectivity index (χ1v) is 9.88. The average molecular weight is 373 g/mol. The summed E-state index contributed by atoms with van der Waals surface area (Å²) in [6.07, 6.45) is 1.07. The lowest BCUT2D eigenvalue weighted by molar-refractivity contribution is -0.122. The van der Waals surface area contributed by atoms with Gasteiger partial charge in [-0.05, 0) is 17.7 Å². The van der Waals surface area contributed by atoms with Crippen LogP contribution in [0, 0.1) is 0 Å². The van der Waals surface area contributed by atoms with E-state index in [1.807, 2.05) is 18.2 Å². The first-order valence-electron chi connectivity index (χ1n) is 8.03. The third-order valence-electron chi connectivity index (χ3n) is 4.05. The minimum absolute atomic E-state index is 0.0904. The third-order valence-corrected chi connectivity index (χ3v) is 5.25. The Bertz CT molecular complexity index is 928. The van der Waals surface area contributed by atoms with Gasteiger partial charge in [0.25, 0.3) is 0 Å². The van der Waals surface area contributed by atoms with Crippen molar-refractivity contribution in [1.82, 2.24) is 4.31 Å². The van der Waals surface area contributed by atoms with Crippen molar-refractivity contribution in [2.24, 2.45) is 0 Å². The lowest BCUT2D eigenvalue weighted by Gasteiger charge is -2.30. The molecular weight excluding hydrogens is 354 g/mol. The summed E-state index contributed by atoms with van der Waals surface area (Å²) in [5.41, 5.74) is 1.87. The fraction of sp³-hybridized carbons (Fsp3) is 0.222. The van der Waals surface area contributed by atoms with Crippen molar-refractivity contribution in [3.8, 4) is 0 Å². The maximum atomic E-state index is 12.8. The van der Waals surface area contributed by atoms with Gasteiger partial charge in [0, 0.05) is 6.54 Å². The van der Waals surface area contributed by atoms with Crippen LogP contribution in [0.5, 0.6) is 0 Å². The van der Waals surface area contributed by atoms with Crippen molar-refractivity contribution in [1.29, 1.82) is 0 Å². The van der Waals surface area contributed by atoms with E-state index in [0.717, 1.165) is 16.1 Å². The van der Waals surface area contributed by atoms with Gasteiger partial charge in [-0.15, -0.1) is 0 Å². The summed E-state index contributed by atoms with van der Waals surface area (Å²) in [4.78, 5) is 26.0. The summed E-state index contributed by atoms with van der Waals surface area (Å²) in [6.45, 7) is -0.388. The summed E-state index contributed by atoms with van der Waals surface area (Å²) < 4.78 is 25.4. The number of hydrogen-bond acceptors (Lipinski definition) is 4. The van der Waals surface area contributed by atoms with Crippen LogP contribution in [-0.4, -0.2) is 43.9 Å². The van der Waals surface area contributed by atoms with Crippen LogP contribution in [-0.2, 0) is 26.2 Å². The Kier molecular flexibility index (Phi) is 5.06. The monoisotopic (exact) mass is 373 g/mol. The van der Waals surface area contributed by atoms with Gasteiger partial charge in [0.05, 0.1) is 24.2 Å². The molecule has 0 saturated carbocycles. The van der Waals surface area contributed by atoms with Gasteiger partial charge in [0.15, 0.2) is 0 Å². The molecule has 1 aliphatic heterocycles. The van der Waals surface area contributed by atoms with Crippen LogP contribution >= 0.6 is 0 Å². The molecule has 0 bridgehead atoms. The molecule has 0 fully saturated rings. The van der Waals surface area contributed by atoms with E-state index >= 15 is 0 Å². The number of para-hydroxylation sites is 2. The fourth-order valence-corrected chi connectivity index (χ4v) is 3.50. The van der Waals surface area contributed by atoms with E-state index in [1.54, 1.807) is 36.4 Å². The molecule has 8 heteroatoms. The van der Waals surface area contributed by atoms with Crippen molar-refractivity contribution < 1.29 is 18.0 Å². The standard InChI is InChI=1S/C18H19N3O4S/c1-26(24,25)20(11-14-7-3-2-4-8-14)13-18(23)21-12-17(22)19-15-9-5-6-10-16(15)21/h2-10H,11-13H2,1H3,(H,19,22). The molecule has 1 N–H and O–H groups in total. The number of fused-ring (bicyclic) bond motifs is 1. The highest BCUT2D eigenvalue weighted by Gasteiger charge is 2.29. The number of hydrogen-bond donors (Lipinski definition) is 1. The van der Waals surface area contributed by atoms with E-state index in [4.69, 9.17) is 0 Å². The smallest absolute Gasteiger partial charge is 0.244 e. The zero-order chi connectivity index (χ0) is 18.7. The second-order valence-corrected chi connectivity index (χ2v) is 8.04. The fourth-order valence-electron chi connectivity index (χ4n) is 2.77. The van der Waals surface area contributed by atoms with Gasteiger partial charge in [-0.3, -0.25) is 14.5 Å². The third kappa shape index (κ3) is 4.09. The maximum absolute atomic E-state index is 12.8. The van der Waals surface area contributed by atoms with Gasteiger partial charge < -0.3 is 5.32 Å². The van der Waals surface area contributed by atoms with Gasteiger partial charge in [0.1, 0.15) is 6.54 Å². The number of sulfonamides is 1. The lowest BCUT2D eigenvalue weighted by Crippen LogP contribution is -2.47. The predicted octanol–water partition coefficient (Wildman–Crippen LogP) is 1.43. The van der Waals surface area contributed by atoms with Crippen molar-refractivity contribution in [2.75, 3.05) is 29.6 Å². The summed E-state index contributed by atoms with van der Waals surface area (Å²) in [7, 11) is -3.60. The second-order valence-electron chi connectivity index (χ2n) is 6.06. The molecule has 2 amide bonds. The molecule has 0 saturated heterocycles. The van der Waals surface area contributed by atoms with Crippen LogP contribution in [0.15, 0.2) is 54.6 Å². The lowest BCUT2D eigenvalue weighted by atomic mass is 10.2. The molecular formula is C18H19N3O4S. The molecule has 0 aromatic heterocycles. The molecule has 0 aliphatic carbocycles. The molecule has 2 aromatic rings. The maximum Gasteiger partial charge on any atom is 0.244 e. The summed E-state index contributed by atoms with van der Waals surface area (Å²) in [5.74, 6) is -0.764. The minimum atomic E-state index is -3.60. The van der Waals surface area contributed by atoms with Gasteiger partial charge in [-0.1, -0.05) is 42.5 Å². The topological polar surface area (TPSA) is 86.8 Å². The quantitative estimate of drug-likeness (QED) is 0.859. The molecule has 1 heterocycles. The molecule has 7 nitrogen and oxygen atoms in total. The van der Waals surface area contributed by atoms with Crippen molar-refractivity contribution >= 4 is 33.2 Å². The van der Waals surface area contributed by atoms with E-state index < -0.39 is 15.9 Å². The number of anilines is 2. The number of carbonyl (C=O) groups is 2. The Hall–Kier alpha value is -2.71. The highest BCUT2D eigenvalue weighted by Crippen LogP contribution is 2.29. The molecule has 3 rings (SSSR count). The van der Waals surface area contributed by atoms with Gasteiger partial charge in [-0.25, -0.2) is 8.42 Å². The average Bonchev–Trinajstić information content (AvgIpc) is 2.60. The number of carbonyl (C=O) groups excluding carboxylic acids is 2. The van der Waals surface area contributed by atoms with Crippen molar-refractivity contribution in [2.45, 2.75) is 6.54 Å². The number of nitrogens with zero attached hydrogens (tertiary/aromatic N) is 2. The summed E-state index contributed by atoms with van der Waals surface area (Å²) in [6, 6.07) is 16.0. The molecule has 2 aromatic carbocycles. The van der Waals surface area contributed by atoms with Gasteiger partial charge >= 0.3 is 0 Å². The zero-order valence-electron chi connectivity index (χ0n) is 14.3. The SMILES string of the molecule is CS(=O)(=O)N(CC(=O)N1CC(=O)Nc2ccccc21)Cc1ccccc1. The first kappa shape index (κ1) is 18.1. The number of rotatable bonds is 5. The zero-order valence-corrected chi connectivity index (χ0v) is 15.1. The second kappa shape index (κ2) is 7.27. The van der Waals surface area contributed by atoms with Crippen LogP contribution in [0.1, 0.15) is 5.56 Å². The van der Waals surface area contributed by atoms with Gasteiger partial charge in [-0.2, -0.15) is 4.31 Å². The Labute approximate surface area is 152 Å². The molecule has 26 heavy (non-hydrogen) atoms. The van der Waals surface area contributed by atoms with E-state index in [2.05, 4.69) is 5.32 Å². The molecule has 0 spiro atoms. The van der Waals surface area contributed by atoms with Crippen molar-refractivity contribution in [3.63, 3.8) is 0 Å². The highest BCUT2D eigenvalue weighted by atomic mass is 32.2. The molecule has 0 unspecified atom stereocenters. The molecule has 1 aliphatic rings.